The Morgan fingerprint density at radius 1 is 1.38 bits per heavy atom. The van der Waals surface area contributed by atoms with Crippen LogP contribution in [0.2, 0.25) is 0 Å². The molecule has 0 saturated carbocycles. The third kappa shape index (κ3) is 1.16. The van der Waals surface area contributed by atoms with Gasteiger partial charge in [0.15, 0.2) is 0 Å². The molecule has 0 atom stereocenters. The number of nitrogen functional groups attached to an aromatic ring is 1. The van der Waals surface area contributed by atoms with Crippen LogP contribution >= 0.6 is 0 Å². The van der Waals surface area contributed by atoms with Gasteiger partial charge in [0.2, 0.25) is 0 Å². The minimum absolute atomic E-state index is 0.420. The molecule has 68 valence electrons. The Bertz CT molecular complexity index is 429. The molecule has 0 bridgehead atoms. The van der Waals surface area contributed by atoms with E-state index < -0.39 is 0 Å². The van der Waals surface area contributed by atoms with Crippen molar-refractivity contribution < 1.29 is 0 Å². The molecule has 0 radical (unpaired) electrons. The molecule has 0 amide bonds. The Morgan fingerprint density at radius 2 is 2.15 bits per heavy atom. The standard InChI is InChI=1S/C10H13N3/c1-7(2)13-6-4-9-10(13)8(11)3-5-12-9/h3-7H,1-2H3,(H2,11,12). The highest BCUT2D eigenvalue weighted by Gasteiger charge is 2.06. The van der Waals surface area contributed by atoms with Crippen molar-refractivity contribution in [2.45, 2.75) is 19.9 Å². The predicted molar refractivity (Wildman–Crippen MR) is 54.5 cm³/mol. The van der Waals surface area contributed by atoms with Crippen LogP contribution in [0.25, 0.3) is 11.0 Å². The average Bonchev–Trinajstić information content (AvgIpc) is 2.49. The van der Waals surface area contributed by atoms with E-state index in [4.69, 9.17) is 5.73 Å². The smallest absolute Gasteiger partial charge is 0.0904 e. The van der Waals surface area contributed by atoms with E-state index in [0.29, 0.717) is 6.04 Å². The molecule has 0 aliphatic rings. The van der Waals surface area contributed by atoms with Gasteiger partial charge >= 0.3 is 0 Å². The summed E-state index contributed by atoms with van der Waals surface area (Å²) in [5.74, 6) is 0. The maximum absolute atomic E-state index is 5.88. The molecule has 0 spiro atoms. The lowest BCUT2D eigenvalue weighted by molar-refractivity contribution is 0.623. The van der Waals surface area contributed by atoms with Gasteiger partial charge in [-0.05, 0) is 26.0 Å². The maximum atomic E-state index is 5.88. The van der Waals surface area contributed by atoms with E-state index in [1.54, 1.807) is 6.20 Å². The van der Waals surface area contributed by atoms with Crippen molar-refractivity contribution in [1.82, 2.24) is 9.55 Å². The zero-order valence-electron chi connectivity index (χ0n) is 7.86. The zero-order valence-corrected chi connectivity index (χ0v) is 7.86. The topological polar surface area (TPSA) is 43.8 Å². The first-order valence-corrected chi connectivity index (χ1v) is 4.41. The van der Waals surface area contributed by atoms with Crippen LogP contribution < -0.4 is 5.73 Å². The number of rotatable bonds is 1. The van der Waals surface area contributed by atoms with Crippen molar-refractivity contribution in [3.63, 3.8) is 0 Å². The molecule has 3 nitrogen and oxygen atoms in total. The van der Waals surface area contributed by atoms with E-state index in [1.165, 1.54) is 0 Å². The fourth-order valence-corrected chi connectivity index (χ4v) is 1.54. The van der Waals surface area contributed by atoms with E-state index in [2.05, 4.69) is 23.4 Å². The largest absolute Gasteiger partial charge is 0.397 e. The van der Waals surface area contributed by atoms with E-state index in [-0.39, 0.29) is 0 Å². The number of fused-ring (bicyclic) bond motifs is 1. The molecule has 0 aromatic carbocycles. The van der Waals surface area contributed by atoms with Crippen molar-refractivity contribution in [3.05, 3.63) is 24.5 Å². The van der Waals surface area contributed by atoms with E-state index in [9.17, 15) is 0 Å². The normalized spacial score (nSPS) is 11.3. The van der Waals surface area contributed by atoms with Crippen LogP contribution in [0.5, 0.6) is 0 Å². The van der Waals surface area contributed by atoms with Crippen LogP contribution in [0.3, 0.4) is 0 Å². The van der Waals surface area contributed by atoms with Gasteiger partial charge in [0.1, 0.15) is 0 Å². The molecule has 3 heteroatoms. The van der Waals surface area contributed by atoms with Crippen LogP contribution in [-0.4, -0.2) is 9.55 Å². The summed E-state index contributed by atoms with van der Waals surface area (Å²) >= 11 is 0. The Labute approximate surface area is 77.2 Å². The van der Waals surface area contributed by atoms with Crippen molar-refractivity contribution in [3.8, 4) is 0 Å². The summed E-state index contributed by atoms with van der Waals surface area (Å²) in [4.78, 5) is 4.24. The van der Waals surface area contributed by atoms with Crippen LogP contribution in [0.1, 0.15) is 19.9 Å². The number of nitrogens with two attached hydrogens (primary N) is 1. The molecule has 0 fully saturated rings. The number of pyridine rings is 1. The van der Waals surface area contributed by atoms with Crippen LogP contribution in [0, 0.1) is 0 Å². The van der Waals surface area contributed by atoms with Gasteiger partial charge in [-0.1, -0.05) is 0 Å². The maximum Gasteiger partial charge on any atom is 0.0904 e. The summed E-state index contributed by atoms with van der Waals surface area (Å²) in [5, 5.41) is 0. The summed E-state index contributed by atoms with van der Waals surface area (Å²) in [5.41, 5.74) is 8.68. The van der Waals surface area contributed by atoms with Gasteiger partial charge in [0, 0.05) is 18.4 Å². The van der Waals surface area contributed by atoms with Crippen molar-refractivity contribution in [2.75, 3.05) is 5.73 Å². The van der Waals surface area contributed by atoms with Gasteiger partial charge in [-0.2, -0.15) is 0 Å². The molecule has 0 saturated heterocycles. The lowest BCUT2D eigenvalue weighted by Gasteiger charge is -2.09. The SMILES string of the molecule is CC(C)n1ccc2nccc(N)c21. The Hall–Kier alpha value is -1.51. The zero-order chi connectivity index (χ0) is 9.42. The second-order valence-corrected chi connectivity index (χ2v) is 3.45. The first-order chi connectivity index (χ1) is 6.20. The van der Waals surface area contributed by atoms with Gasteiger partial charge in [-0.3, -0.25) is 4.98 Å². The number of hydrogen-bond donors (Lipinski definition) is 1. The first kappa shape index (κ1) is 8.10. The lowest BCUT2D eigenvalue weighted by atomic mass is 10.3. The summed E-state index contributed by atoms with van der Waals surface area (Å²) in [6.45, 7) is 4.26. The fourth-order valence-electron chi connectivity index (χ4n) is 1.54. The molecular formula is C10H13N3. The highest BCUT2D eigenvalue weighted by molar-refractivity contribution is 5.87. The molecule has 13 heavy (non-hydrogen) atoms. The third-order valence-electron chi connectivity index (χ3n) is 2.19. The molecule has 2 aromatic rings. The minimum atomic E-state index is 0.420. The van der Waals surface area contributed by atoms with Gasteiger partial charge in [0.25, 0.3) is 0 Å². The minimum Gasteiger partial charge on any atom is -0.397 e. The van der Waals surface area contributed by atoms with Crippen LogP contribution in [-0.2, 0) is 0 Å². The lowest BCUT2D eigenvalue weighted by Crippen LogP contribution is -2.00. The fraction of sp³-hybridized carbons (Fsp3) is 0.300. The molecule has 2 rings (SSSR count). The monoisotopic (exact) mass is 175 g/mol. The molecular weight excluding hydrogens is 162 g/mol. The Kier molecular flexibility index (Phi) is 1.72. The molecule has 2 aromatic heterocycles. The van der Waals surface area contributed by atoms with Crippen LogP contribution in [0.4, 0.5) is 5.69 Å². The number of nitrogens with zero attached hydrogens (tertiary/aromatic N) is 2. The second-order valence-electron chi connectivity index (χ2n) is 3.45. The quantitative estimate of drug-likeness (QED) is 0.722. The second kappa shape index (κ2) is 2.76. The first-order valence-electron chi connectivity index (χ1n) is 4.41. The molecule has 2 heterocycles. The van der Waals surface area contributed by atoms with Gasteiger partial charge in [0.05, 0.1) is 16.7 Å². The van der Waals surface area contributed by atoms with Crippen LogP contribution in [0.15, 0.2) is 24.5 Å². The van der Waals surface area contributed by atoms with E-state index >= 15 is 0 Å². The Morgan fingerprint density at radius 3 is 2.85 bits per heavy atom. The van der Waals surface area contributed by atoms with Gasteiger partial charge in [-0.25, -0.2) is 0 Å². The van der Waals surface area contributed by atoms with Gasteiger partial charge in [-0.15, -0.1) is 0 Å². The highest BCUT2D eigenvalue weighted by atomic mass is 15.0. The summed E-state index contributed by atoms with van der Waals surface area (Å²) in [6, 6.07) is 4.25. The summed E-state index contributed by atoms with van der Waals surface area (Å²) in [6.07, 6.45) is 3.76. The molecule has 0 aliphatic heterocycles. The molecule has 2 N–H and O–H groups in total. The highest BCUT2D eigenvalue weighted by Crippen LogP contribution is 2.22. The number of anilines is 1. The summed E-state index contributed by atoms with van der Waals surface area (Å²) < 4.78 is 2.14. The average molecular weight is 175 g/mol. The Balaban J connectivity index is 2.79. The molecule has 0 unspecified atom stereocenters. The number of aromatic nitrogens is 2. The number of hydrogen-bond acceptors (Lipinski definition) is 2. The van der Waals surface area contributed by atoms with Crippen molar-refractivity contribution >= 4 is 16.7 Å². The van der Waals surface area contributed by atoms with Crippen molar-refractivity contribution in [2.24, 2.45) is 0 Å². The van der Waals surface area contributed by atoms with Crippen molar-refractivity contribution in [1.29, 1.82) is 0 Å². The van der Waals surface area contributed by atoms with E-state index in [1.807, 2.05) is 18.3 Å². The van der Waals surface area contributed by atoms with Gasteiger partial charge < -0.3 is 10.3 Å². The summed E-state index contributed by atoms with van der Waals surface area (Å²) in [7, 11) is 0. The third-order valence-corrected chi connectivity index (χ3v) is 2.19. The predicted octanol–water partition coefficient (Wildman–Crippen LogP) is 2.20. The van der Waals surface area contributed by atoms with E-state index in [0.717, 1.165) is 16.7 Å². The molecule has 0 aliphatic carbocycles.